The van der Waals surface area contributed by atoms with Crippen LogP contribution in [0.2, 0.25) is 10.0 Å². The normalized spacial score (nSPS) is 15.2. The Hall–Kier alpha value is -2.04. The molecule has 0 aromatic heterocycles. The molecule has 1 aliphatic rings. The van der Waals surface area contributed by atoms with Crippen LogP contribution < -0.4 is 10.6 Å². The molecule has 0 bridgehead atoms. The van der Waals surface area contributed by atoms with E-state index in [4.69, 9.17) is 23.2 Å². The van der Waals surface area contributed by atoms with E-state index < -0.39 is 5.41 Å². The summed E-state index contributed by atoms with van der Waals surface area (Å²) >= 11 is 12.2. The van der Waals surface area contributed by atoms with Crippen molar-refractivity contribution < 1.29 is 9.59 Å². The summed E-state index contributed by atoms with van der Waals surface area (Å²) in [6.45, 7) is 1.43. The second kappa shape index (κ2) is 7.06. The van der Waals surface area contributed by atoms with Gasteiger partial charge in [-0.05, 0) is 48.7 Å². The molecular weight excluding hydrogens is 359 g/mol. The molecule has 2 amide bonds. The van der Waals surface area contributed by atoms with Crippen LogP contribution in [0.4, 0.5) is 11.4 Å². The lowest BCUT2D eigenvalue weighted by Crippen LogP contribution is -2.46. The predicted molar refractivity (Wildman–Crippen MR) is 101 cm³/mol. The highest BCUT2D eigenvalue weighted by molar-refractivity contribution is 6.34. The molecule has 0 aliphatic heterocycles. The smallest absolute Gasteiger partial charge is 0.235 e. The van der Waals surface area contributed by atoms with E-state index in [9.17, 15) is 9.59 Å². The van der Waals surface area contributed by atoms with E-state index in [1.165, 1.54) is 6.92 Å². The van der Waals surface area contributed by atoms with Crippen LogP contribution in [0.5, 0.6) is 0 Å². The number of rotatable bonds is 4. The Balaban J connectivity index is 1.85. The topological polar surface area (TPSA) is 58.2 Å². The van der Waals surface area contributed by atoms with Crippen LogP contribution in [-0.2, 0) is 15.0 Å². The lowest BCUT2D eigenvalue weighted by molar-refractivity contribution is -0.124. The van der Waals surface area contributed by atoms with Gasteiger partial charge in [-0.1, -0.05) is 41.8 Å². The number of anilines is 2. The van der Waals surface area contributed by atoms with Crippen molar-refractivity contribution in [1.82, 2.24) is 0 Å². The summed E-state index contributed by atoms with van der Waals surface area (Å²) in [5.41, 5.74) is 1.46. The molecule has 1 fully saturated rings. The number of nitrogens with one attached hydrogen (secondary N) is 2. The van der Waals surface area contributed by atoms with Gasteiger partial charge in [0, 0.05) is 17.6 Å². The van der Waals surface area contributed by atoms with E-state index in [0.29, 0.717) is 21.4 Å². The number of amides is 2. The quantitative estimate of drug-likeness (QED) is 0.787. The maximum absolute atomic E-state index is 13.0. The van der Waals surface area contributed by atoms with Gasteiger partial charge >= 0.3 is 0 Å². The van der Waals surface area contributed by atoms with E-state index >= 15 is 0 Å². The van der Waals surface area contributed by atoms with E-state index in [1.807, 2.05) is 12.1 Å². The molecule has 0 saturated heterocycles. The summed E-state index contributed by atoms with van der Waals surface area (Å²) in [6.07, 6.45) is 2.56. The van der Waals surface area contributed by atoms with Gasteiger partial charge in [-0.2, -0.15) is 0 Å². The summed E-state index contributed by atoms with van der Waals surface area (Å²) in [4.78, 5) is 24.2. The molecule has 2 aromatic rings. The van der Waals surface area contributed by atoms with Crippen LogP contribution in [0.3, 0.4) is 0 Å². The number of carbonyl (C=O) groups excluding carboxylic acids is 2. The SMILES string of the molecule is CC(=O)Nc1ccc(Cl)c(NC(=O)C2(c3ccc(Cl)cc3)CCC2)c1. The minimum atomic E-state index is -0.558. The van der Waals surface area contributed by atoms with E-state index in [0.717, 1.165) is 24.8 Å². The average Bonchev–Trinajstić information content (AvgIpc) is 2.51. The Morgan fingerprint density at radius 1 is 1.00 bits per heavy atom. The van der Waals surface area contributed by atoms with E-state index in [-0.39, 0.29) is 11.8 Å². The third-order valence-corrected chi connectivity index (χ3v) is 5.16. The van der Waals surface area contributed by atoms with E-state index in [2.05, 4.69) is 10.6 Å². The third kappa shape index (κ3) is 3.65. The van der Waals surface area contributed by atoms with Crippen LogP contribution in [0.1, 0.15) is 31.7 Å². The molecule has 0 spiro atoms. The van der Waals surface area contributed by atoms with Crippen LogP contribution in [0.15, 0.2) is 42.5 Å². The Morgan fingerprint density at radius 2 is 1.68 bits per heavy atom. The van der Waals surface area contributed by atoms with Gasteiger partial charge < -0.3 is 10.6 Å². The predicted octanol–water partition coefficient (Wildman–Crippen LogP) is 5.01. The monoisotopic (exact) mass is 376 g/mol. The average molecular weight is 377 g/mol. The molecule has 2 aromatic carbocycles. The fraction of sp³-hybridized carbons (Fsp3) is 0.263. The van der Waals surface area contributed by atoms with Gasteiger partial charge in [0.25, 0.3) is 0 Å². The second-order valence-electron chi connectivity index (χ2n) is 6.27. The summed E-state index contributed by atoms with van der Waals surface area (Å²) in [5, 5.41) is 6.68. The number of hydrogen-bond donors (Lipinski definition) is 2. The van der Waals surface area contributed by atoms with Crippen LogP contribution >= 0.6 is 23.2 Å². The van der Waals surface area contributed by atoms with E-state index in [1.54, 1.807) is 30.3 Å². The van der Waals surface area contributed by atoms with Gasteiger partial charge in [-0.3, -0.25) is 9.59 Å². The molecule has 0 unspecified atom stereocenters. The summed E-state index contributed by atoms with van der Waals surface area (Å²) < 4.78 is 0. The van der Waals surface area contributed by atoms with Crippen molar-refractivity contribution in [2.75, 3.05) is 10.6 Å². The molecule has 0 atom stereocenters. The highest BCUT2D eigenvalue weighted by atomic mass is 35.5. The Kier molecular flexibility index (Phi) is 5.02. The van der Waals surface area contributed by atoms with Crippen molar-refractivity contribution in [3.8, 4) is 0 Å². The Labute approximate surface area is 156 Å². The summed E-state index contributed by atoms with van der Waals surface area (Å²) in [6, 6.07) is 12.4. The zero-order valence-corrected chi connectivity index (χ0v) is 15.2. The summed E-state index contributed by atoms with van der Waals surface area (Å²) in [7, 11) is 0. The standard InChI is InChI=1S/C19H18Cl2N2O2/c1-12(24)22-15-7-8-16(21)17(11-15)23-18(25)19(9-2-10-19)13-3-5-14(20)6-4-13/h3-8,11H,2,9-10H2,1H3,(H,22,24)(H,23,25). The molecule has 3 rings (SSSR count). The first-order valence-corrected chi connectivity index (χ1v) is 8.81. The van der Waals surface area contributed by atoms with Crippen molar-refractivity contribution in [2.45, 2.75) is 31.6 Å². The van der Waals surface area contributed by atoms with Gasteiger partial charge in [0.15, 0.2) is 0 Å². The van der Waals surface area contributed by atoms with Crippen molar-refractivity contribution in [2.24, 2.45) is 0 Å². The minimum Gasteiger partial charge on any atom is -0.326 e. The van der Waals surface area contributed by atoms with Gasteiger partial charge in [0.2, 0.25) is 11.8 Å². The molecule has 2 N–H and O–H groups in total. The zero-order chi connectivity index (χ0) is 18.0. The first kappa shape index (κ1) is 17.8. The molecule has 6 heteroatoms. The molecule has 0 heterocycles. The van der Waals surface area contributed by atoms with Gasteiger partial charge in [0.1, 0.15) is 0 Å². The fourth-order valence-corrected chi connectivity index (χ4v) is 3.38. The highest BCUT2D eigenvalue weighted by Gasteiger charge is 2.45. The zero-order valence-electron chi connectivity index (χ0n) is 13.7. The van der Waals surface area contributed by atoms with Crippen LogP contribution in [0, 0.1) is 0 Å². The first-order valence-electron chi connectivity index (χ1n) is 8.05. The lowest BCUT2D eigenvalue weighted by Gasteiger charge is -2.40. The van der Waals surface area contributed by atoms with Gasteiger partial charge in [-0.15, -0.1) is 0 Å². The van der Waals surface area contributed by atoms with Crippen molar-refractivity contribution in [3.63, 3.8) is 0 Å². The molecule has 25 heavy (non-hydrogen) atoms. The molecule has 1 saturated carbocycles. The third-order valence-electron chi connectivity index (χ3n) is 4.57. The molecule has 0 radical (unpaired) electrons. The van der Waals surface area contributed by atoms with Crippen molar-refractivity contribution >= 4 is 46.4 Å². The summed E-state index contributed by atoms with van der Waals surface area (Å²) in [5.74, 6) is -0.279. The molecule has 130 valence electrons. The second-order valence-corrected chi connectivity index (χ2v) is 7.12. The van der Waals surface area contributed by atoms with Crippen molar-refractivity contribution in [1.29, 1.82) is 0 Å². The number of carbonyl (C=O) groups is 2. The highest BCUT2D eigenvalue weighted by Crippen LogP contribution is 2.45. The maximum Gasteiger partial charge on any atom is 0.235 e. The lowest BCUT2D eigenvalue weighted by atomic mass is 9.64. The number of halogens is 2. The van der Waals surface area contributed by atoms with Crippen LogP contribution in [-0.4, -0.2) is 11.8 Å². The van der Waals surface area contributed by atoms with Crippen LogP contribution in [0.25, 0.3) is 0 Å². The number of benzene rings is 2. The largest absolute Gasteiger partial charge is 0.326 e. The minimum absolute atomic E-state index is 0.0945. The molecule has 1 aliphatic carbocycles. The maximum atomic E-state index is 13.0. The van der Waals surface area contributed by atoms with Gasteiger partial charge in [0.05, 0.1) is 16.1 Å². The molecule has 4 nitrogen and oxygen atoms in total. The number of hydrogen-bond acceptors (Lipinski definition) is 2. The molecular formula is C19H18Cl2N2O2. The van der Waals surface area contributed by atoms with Gasteiger partial charge in [-0.25, -0.2) is 0 Å². The first-order chi connectivity index (χ1) is 11.9. The fourth-order valence-electron chi connectivity index (χ4n) is 3.09. The Morgan fingerprint density at radius 3 is 2.24 bits per heavy atom. The Bertz CT molecular complexity index is 815. The van der Waals surface area contributed by atoms with Crippen molar-refractivity contribution in [3.05, 3.63) is 58.1 Å².